The van der Waals surface area contributed by atoms with E-state index >= 15 is 0 Å². The second kappa shape index (κ2) is 9.32. The van der Waals surface area contributed by atoms with Crippen molar-refractivity contribution in [3.8, 4) is 11.5 Å². The molecule has 0 unspecified atom stereocenters. The summed E-state index contributed by atoms with van der Waals surface area (Å²) in [6.07, 6.45) is 6.08. The molecule has 1 aliphatic rings. The van der Waals surface area contributed by atoms with Crippen molar-refractivity contribution in [3.63, 3.8) is 0 Å². The first-order valence-electron chi connectivity index (χ1n) is 10.8. The van der Waals surface area contributed by atoms with Crippen LogP contribution in [-0.4, -0.2) is 34.5 Å². The Bertz CT molecular complexity index is 1210. The molecule has 170 valence electrons. The molecule has 7 nitrogen and oxygen atoms in total. The van der Waals surface area contributed by atoms with E-state index in [1.807, 2.05) is 12.1 Å². The standard InChI is InChI=1S/C24H29N3O4S/c1-26-18-13-17(25-23(28)15-10-11-20(30-3)21(12-15)31-4)22(14-19(18)27(2)24(26)29)32-16-8-6-5-7-9-16/h10-14,16H,5-9H2,1-4H3,(H,25,28). The van der Waals surface area contributed by atoms with Gasteiger partial charge in [0.05, 0.1) is 30.9 Å². The molecule has 0 aliphatic heterocycles. The number of benzene rings is 2. The second-order valence-corrected chi connectivity index (χ2v) is 9.48. The Morgan fingerprint density at radius 2 is 1.62 bits per heavy atom. The Labute approximate surface area is 191 Å². The zero-order valence-corrected chi connectivity index (χ0v) is 19.8. The summed E-state index contributed by atoms with van der Waals surface area (Å²) in [4.78, 5) is 26.6. The van der Waals surface area contributed by atoms with Crippen molar-refractivity contribution in [1.82, 2.24) is 9.13 Å². The average molecular weight is 456 g/mol. The Kier molecular flexibility index (Phi) is 6.50. The van der Waals surface area contributed by atoms with E-state index in [0.29, 0.717) is 28.0 Å². The lowest BCUT2D eigenvalue weighted by molar-refractivity contribution is 0.102. The normalized spacial score (nSPS) is 14.5. The fraction of sp³-hybridized carbons (Fsp3) is 0.417. The summed E-state index contributed by atoms with van der Waals surface area (Å²) in [6.45, 7) is 0. The molecule has 0 spiro atoms. The molecule has 0 bridgehead atoms. The van der Waals surface area contributed by atoms with Crippen LogP contribution in [0.4, 0.5) is 5.69 Å². The molecule has 1 aliphatic carbocycles. The number of hydrogen-bond donors (Lipinski definition) is 1. The van der Waals surface area contributed by atoms with Crippen molar-refractivity contribution < 1.29 is 14.3 Å². The summed E-state index contributed by atoms with van der Waals surface area (Å²) in [6, 6.07) is 9.02. The smallest absolute Gasteiger partial charge is 0.328 e. The molecule has 4 rings (SSSR count). The van der Waals surface area contributed by atoms with Gasteiger partial charge in [-0.05, 0) is 43.2 Å². The number of ether oxygens (including phenoxy) is 2. The minimum atomic E-state index is -0.239. The van der Waals surface area contributed by atoms with Crippen LogP contribution in [-0.2, 0) is 14.1 Å². The van der Waals surface area contributed by atoms with Gasteiger partial charge in [0, 0.05) is 29.8 Å². The van der Waals surface area contributed by atoms with Crippen LogP contribution >= 0.6 is 11.8 Å². The summed E-state index contributed by atoms with van der Waals surface area (Å²) in [5, 5.41) is 3.59. The van der Waals surface area contributed by atoms with Gasteiger partial charge in [-0.2, -0.15) is 0 Å². The number of rotatable bonds is 6. The Balaban J connectivity index is 1.72. The van der Waals surface area contributed by atoms with E-state index in [-0.39, 0.29) is 11.6 Å². The summed E-state index contributed by atoms with van der Waals surface area (Å²) >= 11 is 1.80. The van der Waals surface area contributed by atoms with Crippen molar-refractivity contribution in [2.45, 2.75) is 42.2 Å². The number of fused-ring (bicyclic) bond motifs is 1. The number of thioether (sulfide) groups is 1. The average Bonchev–Trinajstić information content (AvgIpc) is 3.02. The highest BCUT2D eigenvalue weighted by Gasteiger charge is 2.20. The van der Waals surface area contributed by atoms with E-state index in [4.69, 9.17) is 9.47 Å². The molecule has 1 N–H and O–H groups in total. The number of aryl methyl sites for hydroxylation is 2. The maximum absolute atomic E-state index is 13.1. The first-order chi connectivity index (χ1) is 15.4. The van der Waals surface area contributed by atoms with Gasteiger partial charge in [-0.1, -0.05) is 19.3 Å². The molecule has 1 heterocycles. The molecule has 0 radical (unpaired) electrons. The van der Waals surface area contributed by atoms with E-state index < -0.39 is 0 Å². The van der Waals surface area contributed by atoms with Gasteiger partial charge in [0.25, 0.3) is 5.91 Å². The number of carbonyl (C=O) groups excluding carboxylic acids is 1. The zero-order chi connectivity index (χ0) is 22.8. The van der Waals surface area contributed by atoms with Crippen LogP contribution in [0.3, 0.4) is 0 Å². The van der Waals surface area contributed by atoms with E-state index in [1.165, 1.54) is 32.1 Å². The lowest BCUT2D eigenvalue weighted by Gasteiger charge is -2.22. The third kappa shape index (κ3) is 4.24. The third-order valence-corrected chi connectivity index (χ3v) is 7.51. The van der Waals surface area contributed by atoms with Gasteiger partial charge < -0.3 is 14.8 Å². The van der Waals surface area contributed by atoms with Gasteiger partial charge in [-0.15, -0.1) is 11.8 Å². The van der Waals surface area contributed by atoms with E-state index in [0.717, 1.165) is 15.9 Å². The molecular weight excluding hydrogens is 426 g/mol. The highest BCUT2D eigenvalue weighted by molar-refractivity contribution is 8.00. The number of hydrogen-bond acceptors (Lipinski definition) is 5. The predicted octanol–water partition coefficient (Wildman–Crippen LogP) is 4.57. The van der Waals surface area contributed by atoms with Crippen molar-refractivity contribution in [3.05, 3.63) is 46.4 Å². The van der Waals surface area contributed by atoms with Gasteiger partial charge in [-0.25, -0.2) is 4.79 Å². The van der Waals surface area contributed by atoms with Crippen LogP contribution in [0.2, 0.25) is 0 Å². The van der Waals surface area contributed by atoms with Crippen molar-refractivity contribution in [1.29, 1.82) is 0 Å². The SMILES string of the molecule is COc1ccc(C(=O)Nc2cc3c(cc2SC2CCCCC2)n(C)c(=O)n3C)cc1OC. The summed E-state index contributed by atoms with van der Waals surface area (Å²) in [7, 11) is 6.63. The summed E-state index contributed by atoms with van der Waals surface area (Å²) < 4.78 is 13.9. The van der Waals surface area contributed by atoms with Crippen LogP contribution in [0, 0.1) is 0 Å². The maximum atomic E-state index is 13.1. The largest absolute Gasteiger partial charge is 0.493 e. The quantitative estimate of drug-likeness (QED) is 0.589. The molecule has 3 aromatic rings. The Hall–Kier alpha value is -2.87. The molecule has 32 heavy (non-hydrogen) atoms. The van der Waals surface area contributed by atoms with Crippen molar-refractivity contribution in [2.24, 2.45) is 14.1 Å². The number of methoxy groups -OCH3 is 2. The number of anilines is 1. The predicted molar refractivity (Wildman–Crippen MR) is 128 cm³/mol. The topological polar surface area (TPSA) is 74.5 Å². The number of nitrogens with one attached hydrogen (secondary N) is 1. The highest BCUT2D eigenvalue weighted by Crippen LogP contribution is 2.39. The molecule has 1 amide bonds. The van der Waals surface area contributed by atoms with E-state index in [1.54, 1.807) is 67.4 Å². The Morgan fingerprint density at radius 1 is 0.969 bits per heavy atom. The minimum Gasteiger partial charge on any atom is -0.493 e. The third-order valence-electron chi connectivity index (χ3n) is 6.11. The molecule has 1 aromatic heterocycles. The second-order valence-electron chi connectivity index (χ2n) is 8.14. The summed E-state index contributed by atoms with van der Waals surface area (Å²) in [5.41, 5.74) is 2.75. The van der Waals surface area contributed by atoms with Gasteiger partial charge >= 0.3 is 5.69 Å². The van der Waals surface area contributed by atoms with Gasteiger partial charge in [0.2, 0.25) is 0 Å². The number of amides is 1. The highest BCUT2D eigenvalue weighted by atomic mass is 32.2. The van der Waals surface area contributed by atoms with Gasteiger partial charge in [-0.3, -0.25) is 13.9 Å². The molecule has 0 saturated heterocycles. The number of carbonyl (C=O) groups is 1. The fourth-order valence-electron chi connectivity index (χ4n) is 4.26. The molecule has 2 aromatic carbocycles. The van der Waals surface area contributed by atoms with Crippen LogP contribution in [0.5, 0.6) is 11.5 Å². The number of aromatic nitrogens is 2. The van der Waals surface area contributed by atoms with Crippen LogP contribution in [0.15, 0.2) is 40.0 Å². The molecular formula is C24H29N3O4S. The lowest BCUT2D eigenvalue weighted by atomic mass is 10.0. The molecule has 1 saturated carbocycles. The van der Waals surface area contributed by atoms with Crippen LogP contribution in [0.25, 0.3) is 11.0 Å². The van der Waals surface area contributed by atoms with Gasteiger partial charge in [0.15, 0.2) is 11.5 Å². The molecule has 8 heteroatoms. The molecule has 1 fully saturated rings. The monoisotopic (exact) mass is 455 g/mol. The maximum Gasteiger partial charge on any atom is 0.328 e. The zero-order valence-electron chi connectivity index (χ0n) is 18.9. The molecule has 0 atom stereocenters. The summed E-state index contributed by atoms with van der Waals surface area (Å²) in [5.74, 6) is 0.827. The Morgan fingerprint density at radius 3 is 2.28 bits per heavy atom. The van der Waals surface area contributed by atoms with Crippen molar-refractivity contribution >= 4 is 34.4 Å². The minimum absolute atomic E-state index is 0.0861. The first-order valence-corrected chi connectivity index (χ1v) is 11.7. The van der Waals surface area contributed by atoms with E-state index in [2.05, 4.69) is 5.32 Å². The fourth-order valence-corrected chi connectivity index (χ4v) is 5.60. The van der Waals surface area contributed by atoms with Crippen molar-refractivity contribution in [2.75, 3.05) is 19.5 Å². The van der Waals surface area contributed by atoms with E-state index in [9.17, 15) is 9.59 Å². The number of imidazole rings is 1. The van der Waals surface area contributed by atoms with Crippen LogP contribution in [0.1, 0.15) is 42.5 Å². The first kappa shape index (κ1) is 22.3. The van der Waals surface area contributed by atoms with Gasteiger partial charge in [0.1, 0.15) is 0 Å². The van der Waals surface area contributed by atoms with Crippen LogP contribution < -0.4 is 20.5 Å². The number of nitrogens with zero attached hydrogens (tertiary/aromatic N) is 2. The lowest BCUT2D eigenvalue weighted by Crippen LogP contribution is -2.19.